The Morgan fingerprint density at radius 3 is 2.95 bits per heavy atom. The van der Waals surface area contributed by atoms with Gasteiger partial charge in [0.15, 0.2) is 5.82 Å². The first-order chi connectivity index (χ1) is 9.56. The number of aliphatic carboxylic acids is 1. The Morgan fingerprint density at radius 1 is 1.65 bits per heavy atom. The molecule has 1 fully saturated rings. The maximum absolute atomic E-state index is 11.1. The van der Waals surface area contributed by atoms with E-state index >= 15 is 0 Å². The van der Waals surface area contributed by atoms with Crippen LogP contribution >= 0.6 is 27.3 Å². The largest absolute Gasteiger partial charge is 0.481 e. The topological polar surface area (TPSA) is 80.9 Å². The van der Waals surface area contributed by atoms with Gasteiger partial charge in [-0.15, -0.1) is 16.4 Å². The smallest absolute Gasteiger partial charge is 0.305 e. The van der Waals surface area contributed by atoms with E-state index in [-0.39, 0.29) is 12.5 Å². The standard InChI is InChI=1S/C12H13BrN4O2S/c1-6-4-9(20-11(6)13)12-14-15-16-17(12)8(5-10(18)19)7-2-3-7/h4,7-8H,2-3,5H2,1H3,(H,18,19). The van der Waals surface area contributed by atoms with E-state index in [1.54, 1.807) is 16.0 Å². The zero-order valence-corrected chi connectivity index (χ0v) is 13.2. The van der Waals surface area contributed by atoms with Crippen molar-refractivity contribution >= 4 is 33.2 Å². The number of carboxylic acid groups (broad SMARTS) is 1. The highest BCUT2D eigenvalue weighted by Gasteiger charge is 2.36. The van der Waals surface area contributed by atoms with Crippen LogP contribution < -0.4 is 0 Å². The summed E-state index contributed by atoms with van der Waals surface area (Å²) in [4.78, 5) is 12.0. The molecule has 106 valence electrons. The van der Waals surface area contributed by atoms with Gasteiger partial charge in [0.25, 0.3) is 0 Å². The van der Waals surface area contributed by atoms with Crippen molar-refractivity contribution in [1.82, 2.24) is 20.2 Å². The molecule has 20 heavy (non-hydrogen) atoms. The van der Waals surface area contributed by atoms with Crippen LogP contribution in [0.5, 0.6) is 0 Å². The molecule has 2 aromatic rings. The number of carboxylic acids is 1. The van der Waals surface area contributed by atoms with E-state index in [2.05, 4.69) is 31.5 Å². The van der Waals surface area contributed by atoms with E-state index in [0.29, 0.717) is 11.7 Å². The Hall–Kier alpha value is -1.28. The van der Waals surface area contributed by atoms with Crippen molar-refractivity contribution in [3.05, 3.63) is 15.4 Å². The predicted octanol–water partition coefficient (Wildman–Crippen LogP) is 2.90. The summed E-state index contributed by atoms with van der Waals surface area (Å²) >= 11 is 5.05. The number of hydrogen-bond acceptors (Lipinski definition) is 5. The number of aryl methyl sites for hydroxylation is 1. The minimum Gasteiger partial charge on any atom is -0.481 e. The molecule has 8 heteroatoms. The predicted molar refractivity (Wildman–Crippen MR) is 77.6 cm³/mol. The molecule has 1 N–H and O–H groups in total. The van der Waals surface area contributed by atoms with Crippen molar-refractivity contribution in [2.45, 2.75) is 32.2 Å². The highest BCUT2D eigenvalue weighted by molar-refractivity contribution is 9.11. The van der Waals surface area contributed by atoms with Crippen molar-refractivity contribution in [2.75, 3.05) is 0 Å². The average molecular weight is 357 g/mol. The van der Waals surface area contributed by atoms with Gasteiger partial charge >= 0.3 is 5.97 Å². The zero-order chi connectivity index (χ0) is 14.3. The van der Waals surface area contributed by atoms with Crippen LogP contribution in [0.1, 0.15) is 30.9 Å². The van der Waals surface area contributed by atoms with Gasteiger partial charge in [0.1, 0.15) is 0 Å². The lowest BCUT2D eigenvalue weighted by molar-refractivity contribution is -0.138. The minimum atomic E-state index is -0.813. The number of carbonyl (C=O) groups is 1. The van der Waals surface area contributed by atoms with Crippen LogP contribution in [0.2, 0.25) is 0 Å². The fourth-order valence-corrected chi connectivity index (χ4v) is 3.77. The summed E-state index contributed by atoms with van der Waals surface area (Å²) in [6.07, 6.45) is 2.16. The van der Waals surface area contributed by atoms with Crippen LogP contribution in [-0.2, 0) is 4.79 Å². The van der Waals surface area contributed by atoms with Crippen LogP contribution in [-0.4, -0.2) is 31.3 Å². The van der Waals surface area contributed by atoms with Crippen LogP contribution in [0, 0.1) is 12.8 Å². The van der Waals surface area contributed by atoms with Crippen LogP contribution in [0.4, 0.5) is 0 Å². The second-order valence-electron chi connectivity index (χ2n) is 5.02. The van der Waals surface area contributed by atoms with Gasteiger partial charge in [0.05, 0.1) is 21.1 Å². The first-order valence-electron chi connectivity index (χ1n) is 6.32. The van der Waals surface area contributed by atoms with E-state index in [4.69, 9.17) is 5.11 Å². The van der Waals surface area contributed by atoms with Gasteiger partial charge in [0, 0.05) is 0 Å². The van der Waals surface area contributed by atoms with Gasteiger partial charge in [-0.25, -0.2) is 4.68 Å². The fraction of sp³-hybridized carbons (Fsp3) is 0.500. The summed E-state index contributed by atoms with van der Waals surface area (Å²) in [5.41, 5.74) is 1.13. The summed E-state index contributed by atoms with van der Waals surface area (Å²) < 4.78 is 2.73. The third-order valence-electron chi connectivity index (χ3n) is 3.43. The summed E-state index contributed by atoms with van der Waals surface area (Å²) in [5, 5.41) is 20.9. The molecule has 0 amide bonds. The third kappa shape index (κ3) is 2.62. The molecule has 6 nitrogen and oxygen atoms in total. The second kappa shape index (κ2) is 5.25. The molecule has 0 bridgehead atoms. The molecule has 3 rings (SSSR count). The third-order valence-corrected chi connectivity index (χ3v) is 5.57. The van der Waals surface area contributed by atoms with E-state index in [0.717, 1.165) is 27.1 Å². The first kappa shape index (κ1) is 13.7. The van der Waals surface area contributed by atoms with Gasteiger partial charge in [-0.1, -0.05) is 0 Å². The van der Waals surface area contributed by atoms with Crippen molar-refractivity contribution in [3.63, 3.8) is 0 Å². The molecule has 0 aromatic carbocycles. The highest BCUT2D eigenvalue weighted by Crippen LogP contribution is 2.43. The van der Waals surface area contributed by atoms with Gasteiger partial charge in [-0.2, -0.15) is 0 Å². The lowest BCUT2D eigenvalue weighted by Crippen LogP contribution is -2.18. The maximum atomic E-state index is 11.1. The van der Waals surface area contributed by atoms with E-state index in [1.165, 1.54) is 0 Å². The van der Waals surface area contributed by atoms with Crippen molar-refractivity contribution < 1.29 is 9.90 Å². The number of aromatic nitrogens is 4. The fourth-order valence-electron chi connectivity index (χ4n) is 2.26. The van der Waals surface area contributed by atoms with Crippen LogP contribution in [0.15, 0.2) is 9.85 Å². The monoisotopic (exact) mass is 356 g/mol. The van der Waals surface area contributed by atoms with E-state index < -0.39 is 5.97 Å². The molecule has 0 spiro atoms. The van der Waals surface area contributed by atoms with Crippen molar-refractivity contribution in [3.8, 4) is 10.7 Å². The lowest BCUT2D eigenvalue weighted by atomic mass is 10.1. The Morgan fingerprint density at radius 2 is 2.40 bits per heavy atom. The number of thiophene rings is 1. The van der Waals surface area contributed by atoms with E-state index in [1.807, 2.05) is 13.0 Å². The van der Waals surface area contributed by atoms with Crippen molar-refractivity contribution in [1.29, 1.82) is 0 Å². The number of rotatable bonds is 5. The SMILES string of the molecule is Cc1cc(-c2nnnn2C(CC(=O)O)C2CC2)sc1Br. The zero-order valence-electron chi connectivity index (χ0n) is 10.8. The second-order valence-corrected chi connectivity index (χ2v) is 7.39. The molecule has 1 unspecified atom stereocenters. The van der Waals surface area contributed by atoms with E-state index in [9.17, 15) is 4.79 Å². The maximum Gasteiger partial charge on any atom is 0.305 e. The van der Waals surface area contributed by atoms with Crippen LogP contribution in [0.25, 0.3) is 10.7 Å². The lowest BCUT2D eigenvalue weighted by Gasteiger charge is -2.14. The molecule has 0 radical (unpaired) electrons. The molecular formula is C12H13BrN4O2S. The average Bonchev–Trinajstić information content (AvgIpc) is 3.01. The number of hydrogen-bond donors (Lipinski definition) is 1. The molecule has 1 atom stereocenters. The Kier molecular flexibility index (Phi) is 3.59. The Balaban J connectivity index is 1.97. The highest BCUT2D eigenvalue weighted by atomic mass is 79.9. The molecule has 1 aliphatic rings. The molecule has 2 aromatic heterocycles. The Bertz CT molecular complexity index is 630. The van der Waals surface area contributed by atoms with Crippen LogP contribution in [0.3, 0.4) is 0 Å². The number of halogens is 1. The molecule has 0 aliphatic heterocycles. The molecule has 1 saturated carbocycles. The van der Waals surface area contributed by atoms with Gasteiger partial charge in [0.2, 0.25) is 0 Å². The quantitative estimate of drug-likeness (QED) is 0.890. The Labute approximate surface area is 127 Å². The molecule has 1 aliphatic carbocycles. The molecular weight excluding hydrogens is 344 g/mol. The molecule has 2 heterocycles. The summed E-state index contributed by atoms with van der Waals surface area (Å²) in [7, 11) is 0. The van der Waals surface area contributed by atoms with Crippen molar-refractivity contribution in [2.24, 2.45) is 5.92 Å². The van der Waals surface area contributed by atoms with Gasteiger partial charge < -0.3 is 5.11 Å². The molecule has 0 saturated heterocycles. The first-order valence-corrected chi connectivity index (χ1v) is 7.93. The number of nitrogens with zero attached hydrogens (tertiary/aromatic N) is 4. The normalized spacial score (nSPS) is 16.3. The summed E-state index contributed by atoms with van der Waals surface area (Å²) in [6.45, 7) is 2.01. The van der Waals surface area contributed by atoms with Gasteiger partial charge in [-0.05, 0) is 63.7 Å². The van der Waals surface area contributed by atoms with Gasteiger partial charge in [-0.3, -0.25) is 4.79 Å². The number of tetrazole rings is 1. The summed E-state index contributed by atoms with van der Waals surface area (Å²) in [5.74, 6) is 0.215. The minimum absolute atomic E-state index is 0.0637. The summed E-state index contributed by atoms with van der Waals surface area (Å²) in [6, 6.07) is 1.86.